The van der Waals surface area contributed by atoms with Gasteiger partial charge in [-0.25, -0.2) is 4.68 Å². The predicted molar refractivity (Wildman–Crippen MR) is 87.5 cm³/mol. The van der Waals surface area contributed by atoms with Crippen LogP contribution in [0.3, 0.4) is 0 Å². The van der Waals surface area contributed by atoms with E-state index in [1.165, 1.54) is 17.3 Å². The SMILES string of the molecule is CC(C)n1nnnc1CSCC(=O)NCCc1ccccc1. The van der Waals surface area contributed by atoms with Crippen LogP contribution >= 0.6 is 11.8 Å². The molecule has 1 heterocycles. The molecule has 1 N–H and O–H groups in total. The maximum Gasteiger partial charge on any atom is 0.230 e. The van der Waals surface area contributed by atoms with E-state index >= 15 is 0 Å². The Kier molecular flexibility index (Phi) is 6.39. The minimum atomic E-state index is 0.0458. The number of amides is 1. The fraction of sp³-hybridized carbons (Fsp3) is 0.467. The summed E-state index contributed by atoms with van der Waals surface area (Å²) in [5, 5.41) is 14.5. The lowest BCUT2D eigenvalue weighted by molar-refractivity contribution is -0.118. The van der Waals surface area contributed by atoms with Gasteiger partial charge in [0.2, 0.25) is 5.91 Å². The van der Waals surface area contributed by atoms with Crippen LogP contribution in [0.15, 0.2) is 30.3 Å². The van der Waals surface area contributed by atoms with Gasteiger partial charge in [-0.2, -0.15) is 0 Å². The number of thioether (sulfide) groups is 1. The lowest BCUT2D eigenvalue weighted by Gasteiger charge is -2.08. The minimum absolute atomic E-state index is 0.0458. The summed E-state index contributed by atoms with van der Waals surface area (Å²) in [6, 6.07) is 10.4. The summed E-state index contributed by atoms with van der Waals surface area (Å²) < 4.78 is 1.78. The zero-order valence-corrected chi connectivity index (χ0v) is 13.7. The largest absolute Gasteiger partial charge is 0.355 e. The summed E-state index contributed by atoms with van der Waals surface area (Å²) in [5.41, 5.74) is 1.23. The summed E-state index contributed by atoms with van der Waals surface area (Å²) in [7, 11) is 0. The first-order chi connectivity index (χ1) is 10.7. The van der Waals surface area contributed by atoms with Crippen molar-refractivity contribution in [1.29, 1.82) is 0 Å². The summed E-state index contributed by atoms with van der Waals surface area (Å²) >= 11 is 1.52. The first-order valence-electron chi connectivity index (χ1n) is 7.32. The maximum absolute atomic E-state index is 11.8. The van der Waals surface area contributed by atoms with Gasteiger partial charge >= 0.3 is 0 Å². The van der Waals surface area contributed by atoms with Crippen molar-refractivity contribution in [3.8, 4) is 0 Å². The molecular formula is C15H21N5OS. The fourth-order valence-corrected chi connectivity index (χ4v) is 2.75. The van der Waals surface area contributed by atoms with Crippen LogP contribution < -0.4 is 5.32 Å². The molecule has 2 aromatic rings. The van der Waals surface area contributed by atoms with Gasteiger partial charge in [-0.1, -0.05) is 30.3 Å². The van der Waals surface area contributed by atoms with Crippen molar-refractivity contribution in [2.75, 3.05) is 12.3 Å². The highest BCUT2D eigenvalue weighted by atomic mass is 32.2. The molecule has 6 nitrogen and oxygen atoms in total. The van der Waals surface area contributed by atoms with Crippen LogP contribution in [0.2, 0.25) is 0 Å². The van der Waals surface area contributed by atoms with Crippen LogP contribution in [-0.4, -0.2) is 38.4 Å². The first kappa shape index (κ1) is 16.5. The second kappa shape index (κ2) is 8.53. The number of aromatic nitrogens is 4. The molecule has 118 valence electrons. The maximum atomic E-state index is 11.8. The van der Waals surface area contributed by atoms with Crippen molar-refractivity contribution in [3.63, 3.8) is 0 Å². The molecule has 7 heteroatoms. The highest BCUT2D eigenvalue weighted by Gasteiger charge is 2.10. The second-order valence-corrected chi connectivity index (χ2v) is 6.20. The number of hydrogen-bond acceptors (Lipinski definition) is 5. The van der Waals surface area contributed by atoms with Gasteiger partial charge in [0.05, 0.1) is 17.5 Å². The van der Waals surface area contributed by atoms with Gasteiger partial charge in [0.1, 0.15) is 0 Å². The predicted octanol–water partition coefficient (Wildman–Crippen LogP) is 1.85. The van der Waals surface area contributed by atoms with Crippen molar-refractivity contribution in [3.05, 3.63) is 41.7 Å². The molecular weight excluding hydrogens is 298 g/mol. The minimum Gasteiger partial charge on any atom is -0.355 e. The quantitative estimate of drug-likeness (QED) is 0.804. The van der Waals surface area contributed by atoms with E-state index in [1.807, 2.05) is 32.0 Å². The number of carbonyl (C=O) groups is 1. The molecule has 22 heavy (non-hydrogen) atoms. The standard InChI is InChI=1S/C15H21N5OS/c1-12(2)20-14(17-18-19-20)10-22-11-15(21)16-9-8-13-6-4-3-5-7-13/h3-7,12H,8-11H2,1-2H3,(H,16,21). The van der Waals surface area contributed by atoms with Crippen molar-refractivity contribution < 1.29 is 4.79 Å². The van der Waals surface area contributed by atoms with E-state index in [0.717, 1.165) is 12.2 Å². The molecule has 0 aliphatic carbocycles. The van der Waals surface area contributed by atoms with Crippen molar-refractivity contribution in [2.45, 2.75) is 32.1 Å². The molecule has 1 aromatic carbocycles. The average molecular weight is 319 g/mol. The summed E-state index contributed by atoms with van der Waals surface area (Å²) in [4.78, 5) is 11.8. The van der Waals surface area contributed by atoms with Crippen molar-refractivity contribution in [1.82, 2.24) is 25.5 Å². The van der Waals surface area contributed by atoms with Crippen LogP contribution in [-0.2, 0) is 17.0 Å². The van der Waals surface area contributed by atoms with E-state index in [0.29, 0.717) is 18.1 Å². The number of benzene rings is 1. The number of carbonyl (C=O) groups excluding carboxylic acids is 1. The van der Waals surface area contributed by atoms with E-state index in [2.05, 4.69) is 33.0 Å². The zero-order valence-electron chi connectivity index (χ0n) is 12.9. The number of hydrogen-bond donors (Lipinski definition) is 1. The van der Waals surface area contributed by atoms with Gasteiger partial charge in [0.25, 0.3) is 0 Å². The third-order valence-corrected chi connectivity index (χ3v) is 4.02. The molecule has 0 fully saturated rings. The van der Waals surface area contributed by atoms with Crippen molar-refractivity contribution in [2.24, 2.45) is 0 Å². The number of nitrogens with zero attached hydrogens (tertiary/aromatic N) is 4. The number of nitrogens with one attached hydrogen (secondary N) is 1. The molecule has 0 radical (unpaired) electrons. The molecule has 0 saturated carbocycles. The Bertz CT molecular complexity index is 585. The van der Waals surface area contributed by atoms with Gasteiger partial charge in [-0.05, 0) is 36.3 Å². The molecule has 0 unspecified atom stereocenters. The van der Waals surface area contributed by atoms with E-state index in [1.54, 1.807) is 4.68 Å². The first-order valence-corrected chi connectivity index (χ1v) is 8.47. The van der Waals surface area contributed by atoms with Crippen LogP contribution in [0.4, 0.5) is 0 Å². The Morgan fingerprint density at radius 3 is 2.82 bits per heavy atom. The third-order valence-electron chi connectivity index (χ3n) is 3.09. The van der Waals surface area contributed by atoms with E-state index < -0.39 is 0 Å². The number of rotatable bonds is 8. The fourth-order valence-electron chi connectivity index (χ4n) is 1.99. The van der Waals surface area contributed by atoms with E-state index in [4.69, 9.17) is 0 Å². The zero-order chi connectivity index (χ0) is 15.8. The second-order valence-electron chi connectivity index (χ2n) is 5.21. The van der Waals surface area contributed by atoms with Gasteiger partial charge < -0.3 is 5.32 Å². The van der Waals surface area contributed by atoms with Gasteiger partial charge in [-0.15, -0.1) is 16.9 Å². The van der Waals surface area contributed by atoms with Gasteiger partial charge in [0, 0.05) is 6.54 Å². The Labute approximate surface area is 134 Å². The Morgan fingerprint density at radius 1 is 1.32 bits per heavy atom. The number of tetrazole rings is 1. The van der Waals surface area contributed by atoms with E-state index in [9.17, 15) is 4.79 Å². The Morgan fingerprint density at radius 2 is 2.09 bits per heavy atom. The molecule has 0 aliphatic rings. The molecule has 0 aliphatic heterocycles. The topological polar surface area (TPSA) is 72.7 Å². The molecule has 1 amide bonds. The molecule has 0 spiro atoms. The molecule has 2 rings (SSSR count). The third kappa shape index (κ3) is 5.14. The Hall–Kier alpha value is -1.89. The monoisotopic (exact) mass is 319 g/mol. The normalized spacial score (nSPS) is 10.9. The van der Waals surface area contributed by atoms with Crippen LogP contribution in [0, 0.1) is 0 Å². The summed E-state index contributed by atoms with van der Waals surface area (Å²) in [6.45, 7) is 4.72. The van der Waals surface area contributed by atoms with Crippen molar-refractivity contribution >= 4 is 17.7 Å². The Balaban J connectivity index is 1.64. The molecule has 1 aromatic heterocycles. The lowest BCUT2D eigenvalue weighted by Crippen LogP contribution is -2.27. The van der Waals surface area contributed by atoms with Gasteiger partial charge in [0.15, 0.2) is 5.82 Å². The van der Waals surface area contributed by atoms with E-state index in [-0.39, 0.29) is 11.9 Å². The average Bonchev–Trinajstić information content (AvgIpc) is 2.97. The molecule has 0 saturated heterocycles. The van der Waals surface area contributed by atoms with Crippen LogP contribution in [0.5, 0.6) is 0 Å². The molecule has 0 atom stereocenters. The molecule has 0 bridgehead atoms. The summed E-state index contributed by atoms with van der Waals surface area (Å²) in [6.07, 6.45) is 0.850. The van der Waals surface area contributed by atoms with Crippen LogP contribution in [0.1, 0.15) is 31.3 Å². The highest BCUT2D eigenvalue weighted by Crippen LogP contribution is 2.12. The highest BCUT2D eigenvalue weighted by molar-refractivity contribution is 7.99. The van der Waals surface area contributed by atoms with Crippen LogP contribution in [0.25, 0.3) is 0 Å². The lowest BCUT2D eigenvalue weighted by atomic mass is 10.1. The smallest absolute Gasteiger partial charge is 0.230 e. The summed E-state index contributed by atoms with van der Waals surface area (Å²) in [5.74, 6) is 1.90. The van der Waals surface area contributed by atoms with Gasteiger partial charge in [-0.3, -0.25) is 4.79 Å².